The van der Waals surface area contributed by atoms with Gasteiger partial charge in [0.2, 0.25) is 0 Å². The second-order valence-corrected chi connectivity index (χ2v) is 8.08. The molecule has 2 heterocycles. The summed E-state index contributed by atoms with van der Waals surface area (Å²) >= 11 is 0. The molecular formula is C27H28N4. The summed E-state index contributed by atoms with van der Waals surface area (Å²) < 4.78 is 0. The van der Waals surface area contributed by atoms with Gasteiger partial charge in [-0.2, -0.15) is 0 Å². The van der Waals surface area contributed by atoms with Gasteiger partial charge in [0.15, 0.2) is 0 Å². The Bertz CT molecular complexity index is 991. The third-order valence-electron chi connectivity index (χ3n) is 5.58. The fraction of sp³-hybridized carbons (Fsp3) is 0.185. The highest BCUT2D eigenvalue weighted by atomic mass is 14.8. The average molecular weight is 409 g/mol. The third-order valence-corrected chi connectivity index (χ3v) is 5.58. The Morgan fingerprint density at radius 2 is 1.06 bits per heavy atom. The summed E-state index contributed by atoms with van der Waals surface area (Å²) in [6.07, 6.45) is 5.93. The van der Waals surface area contributed by atoms with Crippen LogP contribution in [0, 0.1) is 0 Å². The van der Waals surface area contributed by atoms with E-state index in [-0.39, 0.29) is 0 Å². The molecule has 4 aromatic rings. The number of nitrogens with two attached hydrogens (primary N) is 2. The van der Waals surface area contributed by atoms with Crippen molar-refractivity contribution in [2.45, 2.75) is 24.8 Å². The van der Waals surface area contributed by atoms with Gasteiger partial charge < -0.3 is 11.5 Å². The molecule has 4 N–H and O–H groups in total. The van der Waals surface area contributed by atoms with Crippen molar-refractivity contribution in [2.75, 3.05) is 6.54 Å². The van der Waals surface area contributed by atoms with Crippen molar-refractivity contribution in [3.8, 4) is 22.5 Å². The maximum absolute atomic E-state index is 6.87. The first kappa shape index (κ1) is 20.9. The van der Waals surface area contributed by atoms with Crippen LogP contribution in [0.25, 0.3) is 22.5 Å². The van der Waals surface area contributed by atoms with Crippen LogP contribution in [0.3, 0.4) is 0 Å². The lowest BCUT2D eigenvalue weighted by molar-refractivity contribution is 0.393. The van der Waals surface area contributed by atoms with Gasteiger partial charge in [-0.3, -0.25) is 9.97 Å². The number of rotatable bonds is 8. The van der Waals surface area contributed by atoms with Crippen LogP contribution >= 0.6 is 0 Å². The Morgan fingerprint density at radius 1 is 0.613 bits per heavy atom. The second-order valence-electron chi connectivity index (χ2n) is 8.08. The molecule has 0 atom stereocenters. The summed E-state index contributed by atoms with van der Waals surface area (Å²) in [5, 5.41) is 0. The topological polar surface area (TPSA) is 77.8 Å². The van der Waals surface area contributed by atoms with Crippen LogP contribution in [0.4, 0.5) is 0 Å². The smallest absolute Gasteiger partial charge is 0.0701 e. The van der Waals surface area contributed by atoms with E-state index in [0.29, 0.717) is 6.54 Å². The average Bonchev–Trinajstić information content (AvgIpc) is 2.81. The lowest BCUT2D eigenvalue weighted by Gasteiger charge is -2.30. The highest BCUT2D eigenvalue weighted by Crippen LogP contribution is 2.24. The molecule has 4 heteroatoms. The zero-order valence-electron chi connectivity index (χ0n) is 17.6. The van der Waals surface area contributed by atoms with Gasteiger partial charge in [0.05, 0.1) is 11.4 Å². The first-order valence-electron chi connectivity index (χ1n) is 10.6. The van der Waals surface area contributed by atoms with Crippen LogP contribution in [0.2, 0.25) is 0 Å². The zero-order chi connectivity index (χ0) is 21.5. The second kappa shape index (κ2) is 9.65. The molecule has 31 heavy (non-hydrogen) atoms. The van der Waals surface area contributed by atoms with Crippen molar-refractivity contribution < 1.29 is 0 Å². The van der Waals surface area contributed by atoms with Gasteiger partial charge in [0, 0.05) is 29.1 Å². The number of pyridine rings is 2. The quantitative estimate of drug-likeness (QED) is 0.445. The maximum Gasteiger partial charge on any atom is 0.0701 e. The summed E-state index contributed by atoms with van der Waals surface area (Å²) in [4.78, 5) is 8.84. The molecule has 0 aliphatic carbocycles. The van der Waals surface area contributed by atoms with Crippen LogP contribution in [-0.4, -0.2) is 22.1 Å². The standard InChI is InChI=1S/C27H28N4/c28-16-15-27(29,19-21-7-11-23(12-8-21)25-5-1-3-17-30-25)20-22-9-13-24(14-10-22)26-6-2-4-18-31-26/h1-14,17-18H,15-16,19-20,28-29H2. The first-order valence-corrected chi connectivity index (χ1v) is 10.6. The van der Waals surface area contributed by atoms with Crippen molar-refractivity contribution in [1.29, 1.82) is 0 Å². The summed E-state index contributed by atoms with van der Waals surface area (Å²) in [5.41, 5.74) is 19.0. The highest BCUT2D eigenvalue weighted by molar-refractivity contribution is 5.60. The SMILES string of the molecule is NCCC(N)(Cc1ccc(-c2ccccn2)cc1)Cc1ccc(-c2ccccn2)cc1. The molecule has 4 nitrogen and oxygen atoms in total. The summed E-state index contributed by atoms with van der Waals surface area (Å²) in [6, 6.07) is 28.9. The van der Waals surface area contributed by atoms with E-state index in [1.165, 1.54) is 11.1 Å². The third kappa shape index (κ3) is 5.43. The minimum atomic E-state index is -0.395. The van der Waals surface area contributed by atoms with Crippen LogP contribution in [0.15, 0.2) is 97.3 Å². The molecule has 0 unspecified atom stereocenters. The van der Waals surface area contributed by atoms with Crippen LogP contribution in [0.5, 0.6) is 0 Å². The Hall–Kier alpha value is -3.34. The minimum Gasteiger partial charge on any atom is -0.330 e. The lowest BCUT2D eigenvalue weighted by atomic mass is 9.82. The van der Waals surface area contributed by atoms with Crippen LogP contribution < -0.4 is 11.5 Å². The first-order chi connectivity index (χ1) is 15.1. The van der Waals surface area contributed by atoms with E-state index >= 15 is 0 Å². The molecule has 0 spiro atoms. The highest BCUT2D eigenvalue weighted by Gasteiger charge is 2.25. The Balaban J connectivity index is 1.48. The number of aromatic nitrogens is 2. The molecule has 0 saturated heterocycles. The normalized spacial score (nSPS) is 11.4. The molecule has 156 valence electrons. The van der Waals surface area contributed by atoms with E-state index in [4.69, 9.17) is 11.5 Å². The molecule has 4 rings (SSSR count). The van der Waals surface area contributed by atoms with Crippen molar-refractivity contribution in [2.24, 2.45) is 11.5 Å². The van der Waals surface area contributed by atoms with Crippen molar-refractivity contribution in [1.82, 2.24) is 9.97 Å². The molecule has 2 aromatic carbocycles. The molecule has 2 aromatic heterocycles. The molecule has 0 fully saturated rings. The van der Waals surface area contributed by atoms with Crippen molar-refractivity contribution >= 4 is 0 Å². The molecule has 0 aliphatic rings. The van der Waals surface area contributed by atoms with Gasteiger partial charge in [-0.1, -0.05) is 60.7 Å². The van der Waals surface area contributed by atoms with Gasteiger partial charge >= 0.3 is 0 Å². The van der Waals surface area contributed by atoms with Gasteiger partial charge in [0.1, 0.15) is 0 Å². The fourth-order valence-corrected chi connectivity index (χ4v) is 3.99. The minimum absolute atomic E-state index is 0.395. The molecule has 0 radical (unpaired) electrons. The predicted molar refractivity (Wildman–Crippen MR) is 127 cm³/mol. The van der Waals surface area contributed by atoms with Gasteiger partial charge in [-0.05, 0) is 61.2 Å². The number of hydrogen-bond acceptors (Lipinski definition) is 4. The van der Waals surface area contributed by atoms with E-state index in [9.17, 15) is 0 Å². The monoisotopic (exact) mass is 408 g/mol. The number of hydrogen-bond donors (Lipinski definition) is 2. The number of nitrogens with zero attached hydrogens (tertiary/aromatic N) is 2. The molecule has 0 amide bonds. The number of benzene rings is 2. The van der Waals surface area contributed by atoms with E-state index in [0.717, 1.165) is 41.8 Å². The Kier molecular flexibility index (Phi) is 6.51. The fourth-order valence-electron chi connectivity index (χ4n) is 3.99. The van der Waals surface area contributed by atoms with Gasteiger partial charge in [0.25, 0.3) is 0 Å². The predicted octanol–water partition coefficient (Wildman–Crippen LogP) is 4.64. The van der Waals surface area contributed by atoms with Crippen molar-refractivity contribution in [3.63, 3.8) is 0 Å². The van der Waals surface area contributed by atoms with E-state index < -0.39 is 5.54 Å². The van der Waals surface area contributed by atoms with Crippen LogP contribution in [-0.2, 0) is 12.8 Å². The molecular weight excluding hydrogens is 380 g/mol. The largest absolute Gasteiger partial charge is 0.330 e. The summed E-state index contributed by atoms with van der Waals surface area (Å²) in [5.74, 6) is 0. The van der Waals surface area contributed by atoms with Gasteiger partial charge in [-0.25, -0.2) is 0 Å². The molecule has 0 bridgehead atoms. The summed E-state index contributed by atoms with van der Waals surface area (Å²) in [6.45, 7) is 0.564. The Labute approximate surface area is 184 Å². The molecule has 0 saturated carbocycles. The van der Waals surface area contributed by atoms with E-state index in [1.54, 1.807) is 0 Å². The van der Waals surface area contributed by atoms with Crippen LogP contribution in [0.1, 0.15) is 17.5 Å². The lowest BCUT2D eigenvalue weighted by Crippen LogP contribution is -2.46. The summed E-state index contributed by atoms with van der Waals surface area (Å²) in [7, 11) is 0. The maximum atomic E-state index is 6.87. The zero-order valence-corrected chi connectivity index (χ0v) is 17.6. The van der Waals surface area contributed by atoms with Gasteiger partial charge in [-0.15, -0.1) is 0 Å². The Morgan fingerprint density at radius 3 is 1.42 bits per heavy atom. The van der Waals surface area contributed by atoms with E-state index in [1.807, 2.05) is 48.8 Å². The van der Waals surface area contributed by atoms with Crippen molar-refractivity contribution in [3.05, 3.63) is 108 Å². The van der Waals surface area contributed by atoms with E-state index in [2.05, 4.69) is 58.5 Å². The molecule has 0 aliphatic heterocycles.